The second-order valence-corrected chi connectivity index (χ2v) is 7.85. The normalized spacial score (nSPS) is 12.4. The molecule has 0 radical (unpaired) electrons. The molecule has 0 bridgehead atoms. The van der Waals surface area contributed by atoms with Crippen LogP contribution in [0.25, 0.3) is 34.5 Å². The summed E-state index contributed by atoms with van der Waals surface area (Å²) in [7, 11) is 1.40. The minimum absolute atomic E-state index is 0.00819. The molecule has 0 saturated carbocycles. The van der Waals surface area contributed by atoms with E-state index in [4.69, 9.17) is 10.5 Å². The molecule has 2 aromatic heterocycles. The number of carbonyl (C=O) groups is 1. The fraction of sp³-hybridized carbons (Fsp3) is 0.120. The lowest BCUT2D eigenvalue weighted by atomic mass is 10.1. The van der Waals surface area contributed by atoms with E-state index >= 15 is 0 Å². The Balaban J connectivity index is 1.85. The maximum Gasteiger partial charge on any atom is 0.416 e. The Kier molecular flexibility index (Phi) is 6.94. The number of benzene rings is 2. The molecule has 0 unspecified atom stereocenters. The quantitative estimate of drug-likeness (QED) is 0.260. The number of nitrogens with two attached hydrogens (primary N) is 1. The van der Waals surface area contributed by atoms with Crippen LogP contribution in [-0.4, -0.2) is 32.8 Å². The Bertz CT molecular complexity index is 1470. The maximum atomic E-state index is 13.1. The van der Waals surface area contributed by atoms with Crippen molar-refractivity contribution in [1.29, 1.82) is 0 Å². The van der Waals surface area contributed by atoms with Crippen molar-refractivity contribution in [1.82, 2.24) is 19.7 Å². The third-order valence-electron chi connectivity index (χ3n) is 5.35. The Hall–Kier alpha value is -4.68. The molecule has 0 aliphatic rings. The zero-order valence-electron chi connectivity index (χ0n) is 19.4. The van der Waals surface area contributed by atoms with Crippen molar-refractivity contribution in [3.05, 3.63) is 83.6 Å². The van der Waals surface area contributed by atoms with E-state index in [0.29, 0.717) is 0 Å². The van der Waals surface area contributed by atoms with Crippen LogP contribution in [0.2, 0.25) is 0 Å². The van der Waals surface area contributed by atoms with Crippen LogP contribution in [0.4, 0.5) is 26.3 Å². The lowest BCUT2D eigenvalue weighted by molar-refractivity contribution is -0.138. The fourth-order valence-corrected chi connectivity index (χ4v) is 3.41. The van der Waals surface area contributed by atoms with E-state index in [1.165, 1.54) is 31.6 Å². The lowest BCUT2D eigenvalue weighted by Crippen LogP contribution is -2.14. The van der Waals surface area contributed by atoms with Gasteiger partial charge in [0, 0.05) is 35.2 Å². The summed E-state index contributed by atoms with van der Waals surface area (Å²) in [5.41, 5.74) is 4.38. The van der Waals surface area contributed by atoms with Crippen molar-refractivity contribution in [2.45, 2.75) is 12.4 Å². The zero-order chi connectivity index (χ0) is 27.7. The van der Waals surface area contributed by atoms with Gasteiger partial charge in [0.1, 0.15) is 0 Å². The number of pyridine rings is 1. The molecule has 196 valence electrons. The third-order valence-corrected chi connectivity index (χ3v) is 5.35. The molecule has 0 atom stereocenters. The fourth-order valence-electron chi connectivity index (χ4n) is 3.41. The molecular weight excluding hydrogens is 516 g/mol. The number of primary amides is 1. The van der Waals surface area contributed by atoms with Gasteiger partial charge in [0.2, 0.25) is 5.88 Å². The number of alkyl halides is 6. The summed E-state index contributed by atoms with van der Waals surface area (Å²) in [5, 5.41) is 4.27. The zero-order valence-corrected chi connectivity index (χ0v) is 19.4. The largest absolute Gasteiger partial charge is 0.481 e. The molecule has 2 aromatic carbocycles. The molecule has 1 amide bonds. The van der Waals surface area contributed by atoms with Gasteiger partial charge in [-0.1, -0.05) is 24.3 Å². The smallest absolute Gasteiger partial charge is 0.416 e. The predicted octanol–water partition coefficient (Wildman–Crippen LogP) is 5.54. The van der Waals surface area contributed by atoms with Gasteiger partial charge in [-0.3, -0.25) is 4.79 Å². The van der Waals surface area contributed by atoms with Gasteiger partial charge < -0.3 is 10.5 Å². The number of halogens is 6. The molecule has 2 heterocycles. The van der Waals surface area contributed by atoms with Crippen LogP contribution in [0.15, 0.2) is 66.9 Å². The summed E-state index contributed by atoms with van der Waals surface area (Å²) in [6, 6.07) is 11.0. The Morgan fingerprint density at radius 2 is 1.42 bits per heavy atom. The summed E-state index contributed by atoms with van der Waals surface area (Å²) < 4.78 is 84.2. The number of aromatic nitrogens is 4. The summed E-state index contributed by atoms with van der Waals surface area (Å²) in [6.07, 6.45) is -6.60. The molecule has 0 aliphatic heterocycles. The number of amides is 1. The molecule has 0 aliphatic carbocycles. The van der Waals surface area contributed by atoms with Crippen molar-refractivity contribution in [2.24, 2.45) is 5.73 Å². The van der Waals surface area contributed by atoms with Crippen LogP contribution in [0, 0.1) is 0 Å². The van der Waals surface area contributed by atoms with Gasteiger partial charge in [0.25, 0.3) is 5.91 Å². The first-order chi connectivity index (χ1) is 17.9. The van der Waals surface area contributed by atoms with E-state index < -0.39 is 29.4 Å². The highest BCUT2D eigenvalue weighted by atomic mass is 19.4. The average molecular weight is 533 g/mol. The third kappa shape index (κ3) is 5.66. The van der Waals surface area contributed by atoms with Crippen molar-refractivity contribution in [2.75, 3.05) is 7.11 Å². The van der Waals surface area contributed by atoms with Crippen molar-refractivity contribution < 1.29 is 35.9 Å². The van der Waals surface area contributed by atoms with E-state index in [0.717, 1.165) is 53.2 Å². The molecule has 0 fully saturated rings. The van der Waals surface area contributed by atoms with Crippen LogP contribution in [-0.2, 0) is 17.1 Å². The highest BCUT2D eigenvalue weighted by molar-refractivity contribution is 6.22. The van der Waals surface area contributed by atoms with Gasteiger partial charge in [-0.25, -0.2) is 14.6 Å². The second kappa shape index (κ2) is 10.00. The molecule has 0 saturated heterocycles. The number of carbonyl (C=O) groups excluding carboxylic acids is 1. The molecule has 0 spiro atoms. The first-order valence-corrected chi connectivity index (χ1v) is 10.7. The Morgan fingerprint density at radius 3 is 1.87 bits per heavy atom. The minimum Gasteiger partial charge on any atom is -0.481 e. The van der Waals surface area contributed by atoms with Crippen LogP contribution in [0.1, 0.15) is 16.7 Å². The molecule has 4 rings (SSSR count). The van der Waals surface area contributed by atoms with Gasteiger partial charge in [-0.05, 0) is 30.3 Å². The predicted molar refractivity (Wildman–Crippen MR) is 125 cm³/mol. The SMILES string of the molecule is COc1ccc(/C(=C\n2nc(-c3ccc(C(F)(F)F)cc3)nc2-c2ccc(C(F)(F)F)cc2)C(N)=O)cn1. The van der Waals surface area contributed by atoms with Crippen LogP contribution < -0.4 is 10.5 Å². The second-order valence-electron chi connectivity index (χ2n) is 7.85. The van der Waals surface area contributed by atoms with Crippen LogP contribution in [0.5, 0.6) is 5.88 Å². The minimum atomic E-state index is -4.57. The number of hydrogen-bond donors (Lipinski definition) is 1. The maximum absolute atomic E-state index is 13.1. The summed E-state index contributed by atoms with van der Waals surface area (Å²) in [6.45, 7) is 0. The van der Waals surface area contributed by atoms with Crippen LogP contribution >= 0.6 is 0 Å². The first kappa shape index (κ1) is 26.4. The summed E-state index contributed by atoms with van der Waals surface area (Å²) in [5.74, 6) is -0.634. The van der Waals surface area contributed by atoms with E-state index in [1.807, 2.05) is 0 Å². The van der Waals surface area contributed by atoms with Gasteiger partial charge in [0.15, 0.2) is 11.6 Å². The molecular formula is C25H17F6N5O2. The molecule has 13 heteroatoms. The highest BCUT2D eigenvalue weighted by Crippen LogP contribution is 2.33. The average Bonchev–Trinajstić information content (AvgIpc) is 3.30. The number of methoxy groups -OCH3 is 1. The number of rotatable bonds is 6. The van der Waals surface area contributed by atoms with Gasteiger partial charge >= 0.3 is 12.4 Å². The van der Waals surface area contributed by atoms with E-state index in [1.54, 1.807) is 0 Å². The monoisotopic (exact) mass is 533 g/mol. The van der Waals surface area contributed by atoms with Crippen molar-refractivity contribution >= 4 is 17.7 Å². The van der Waals surface area contributed by atoms with Gasteiger partial charge in [0.05, 0.1) is 23.8 Å². The first-order valence-electron chi connectivity index (χ1n) is 10.7. The Labute approximate surface area is 211 Å². The number of ether oxygens (including phenoxy) is 1. The van der Waals surface area contributed by atoms with Crippen molar-refractivity contribution in [3.63, 3.8) is 0 Å². The van der Waals surface area contributed by atoms with E-state index in [-0.39, 0.29) is 39.8 Å². The molecule has 7 nitrogen and oxygen atoms in total. The topological polar surface area (TPSA) is 95.9 Å². The van der Waals surface area contributed by atoms with Gasteiger partial charge in [-0.15, -0.1) is 5.10 Å². The summed E-state index contributed by atoms with van der Waals surface area (Å²) in [4.78, 5) is 20.6. The van der Waals surface area contributed by atoms with E-state index in [9.17, 15) is 31.1 Å². The van der Waals surface area contributed by atoms with E-state index in [2.05, 4.69) is 15.1 Å². The lowest BCUT2D eigenvalue weighted by Gasteiger charge is -2.08. The summed E-state index contributed by atoms with van der Waals surface area (Å²) >= 11 is 0. The van der Waals surface area contributed by atoms with Crippen molar-refractivity contribution in [3.8, 4) is 28.7 Å². The Morgan fingerprint density at radius 1 is 0.868 bits per heavy atom. The molecule has 38 heavy (non-hydrogen) atoms. The molecule has 4 aromatic rings. The molecule has 2 N–H and O–H groups in total. The van der Waals surface area contributed by atoms with Gasteiger partial charge in [-0.2, -0.15) is 26.3 Å². The number of hydrogen-bond acceptors (Lipinski definition) is 5. The standard InChI is InChI=1S/C25H17F6N5O2/c1-38-20-11-6-16(12-33-20)19(21(32)37)13-36-23(15-4-9-18(10-5-15)25(29,30)31)34-22(35-36)14-2-7-17(8-3-14)24(26,27)28/h2-13H,1H3,(H2,32,37)/b19-13+. The highest BCUT2D eigenvalue weighted by Gasteiger charge is 2.31. The number of nitrogens with zero attached hydrogens (tertiary/aromatic N) is 4. The van der Waals surface area contributed by atoms with Crippen LogP contribution in [0.3, 0.4) is 0 Å².